The zero-order valence-electron chi connectivity index (χ0n) is 19.0. The van der Waals surface area contributed by atoms with Crippen molar-refractivity contribution in [2.24, 2.45) is 0 Å². The Morgan fingerprint density at radius 3 is 1.94 bits per heavy atom. The van der Waals surface area contributed by atoms with E-state index in [9.17, 15) is 27.9 Å². The van der Waals surface area contributed by atoms with Crippen LogP contribution in [0.25, 0.3) is 0 Å². The monoisotopic (exact) mass is 462 g/mol. The van der Waals surface area contributed by atoms with Crippen molar-refractivity contribution in [1.82, 2.24) is 4.90 Å². The summed E-state index contributed by atoms with van der Waals surface area (Å²) in [5.74, 6) is -0.768. The molecule has 2 amide bonds. The fourth-order valence-corrected chi connectivity index (χ4v) is 3.75. The van der Waals surface area contributed by atoms with Crippen molar-refractivity contribution < 1.29 is 27.9 Å². The number of nitrogens with one attached hydrogen (secondary N) is 1. The molecular formula is C25H29F3N2O3. The summed E-state index contributed by atoms with van der Waals surface area (Å²) in [5.41, 5.74) is -0.179. The Bertz CT molecular complexity index is 986. The van der Waals surface area contributed by atoms with E-state index in [-0.39, 0.29) is 43.7 Å². The van der Waals surface area contributed by atoms with Crippen LogP contribution in [0.2, 0.25) is 0 Å². The largest absolute Gasteiger partial charge is 0.416 e. The summed E-state index contributed by atoms with van der Waals surface area (Å²) >= 11 is 0. The van der Waals surface area contributed by atoms with Crippen LogP contribution in [0.4, 0.5) is 18.9 Å². The number of piperidine rings is 1. The molecular weight excluding hydrogens is 433 g/mol. The number of rotatable bonds is 4. The molecule has 0 spiro atoms. The molecule has 0 atom stereocenters. The molecule has 1 fully saturated rings. The maximum absolute atomic E-state index is 12.7. The maximum atomic E-state index is 12.7. The second kappa shape index (κ2) is 9.17. The predicted octanol–water partition coefficient (Wildman–Crippen LogP) is 4.54. The molecule has 1 saturated heterocycles. The van der Waals surface area contributed by atoms with Crippen molar-refractivity contribution in [2.75, 3.05) is 18.4 Å². The highest BCUT2D eigenvalue weighted by Gasteiger charge is 2.40. The number of amides is 2. The second-order valence-electron chi connectivity index (χ2n) is 9.57. The van der Waals surface area contributed by atoms with E-state index in [1.54, 1.807) is 12.1 Å². The number of aliphatic hydroxyl groups is 1. The number of carbonyl (C=O) groups excluding carboxylic acids is 2. The van der Waals surface area contributed by atoms with Gasteiger partial charge in [-0.05, 0) is 40.8 Å². The van der Waals surface area contributed by atoms with Gasteiger partial charge in [0.1, 0.15) is 5.60 Å². The lowest BCUT2D eigenvalue weighted by Gasteiger charge is -2.37. The summed E-state index contributed by atoms with van der Waals surface area (Å²) in [6.07, 6.45) is -4.30. The quantitative estimate of drug-likeness (QED) is 0.701. The number of hydrogen-bond acceptors (Lipinski definition) is 3. The summed E-state index contributed by atoms with van der Waals surface area (Å²) in [6.45, 7) is 6.65. The van der Waals surface area contributed by atoms with Crippen molar-refractivity contribution in [3.63, 3.8) is 0 Å². The van der Waals surface area contributed by atoms with Crippen molar-refractivity contribution in [1.29, 1.82) is 0 Å². The van der Waals surface area contributed by atoms with Crippen LogP contribution in [0.5, 0.6) is 0 Å². The molecule has 0 unspecified atom stereocenters. The van der Waals surface area contributed by atoms with Crippen molar-refractivity contribution in [3.8, 4) is 0 Å². The van der Waals surface area contributed by atoms with Crippen LogP contribution in [0, 0.1) is 0 Å². The summed E-state index contributed by atoms with van der Waals surface area (Å²) in [7, 11) is 0. The Kier molecular flexibility index (Phi) is 6.88. The number of likely N-dealkylation sites (tertiary alicyclic amines) is 1. The molecule has 0 aromatic heterocycles. The van der Waals surface area contributed by atoms with Gasteiger partial charge in [0.15, 0.2) is 0 Å². The number of halogens is 3. The summed E-state index contributed by atoms with van der Waals surface area (Å²) in [6, 6.07) is 11.9. The van der Waals surface area contributed by atoms with Gasteiger partial charge in [-0.25, -0.2) is 0 Å². The average molecular weight is 463 g/mol. The van der Waals surface area contributed by atoms with Gasteiger partial charge in [0.05, 0.1) is 12.0 Å². The molecule has 2 aromatic rings. The van der Waals surface area contributed by atoms with E-state index in [0.717, 1.165) is 17.7 Å². The zero-order chi connectivity index (χ0) is 24.4. The van der Waals surface area contributed by atoms with Gasteiger partial charge in [0, 0.05) is 31.6 Å². The first-order chi connectivity index (χ1) is 15.3. The van der Waals surface area contributed by atoms with E-state index in [0.29, 0.717) is 11.3 Å². The minimum Gasteiger partial charge on any atom is -0.380 e. The number of carbonyl (C=O) groups is 2. The fourth-order valence-electron chi connectivity index (χ4n) is 3.75. The number of nitrogens with zero attached hydrogens (tertiary/aromatic N) is 1. The van der Waals surface area contributed by atoms with Gasteiger partial charge < -0.3 is 15.3 Å². The minimum absolute atomic E-state index is 0.0134. The van der Waals surface area contributed by atoms with Gasteiger partial charge in [-0.15, -0.1) is 0 Å². The van der Waals surface area contributed by atoms with Crippen LogP contribution >= 0.6 is 0 Å². The molecule has 178 valence electrons. The fraction of sp³-hybridized carbons (Fsp3) is 0.440. The molecule has 0 bridgehead atoms. The lowest BCUT2D eigenvalue weighted by atomic mass is 9.87. The van der Waals surface area contributed by atoms with Gasteiger partial charge in [-0.3, -0.25) is 9.59 Å². The van der Waals surface area contributed by atoms with Crippen molar-refractivity contribution in [2.45, 2.75) is 57.2 Å². The lowest BCUT2D eigenvalue weighted by molar-refractivity contribution is -0.145. The zero-order valence-corrected chi connectivity index (χ0v) is 19.0. The molecule has 1 aliphatic heterocycles. The predicted molar refractivity (Wildman–Crippen MR) is 120 cm³/mol. The van der Waals surface area contributed by atoms with Crippen molar-refractivity contribution in [3.05, 3.63) is 65.2 Å². The smallest absolute Gasteiger partial charge is 0.380 e. The summed E-state index contributed by atoms with van der Waals surface area (Å²) < 4.78 is 38.0. The summed E-state index contributed by atoms with van der Waals surface area (Å²) in [4.78, 5) is 26.8. The highest BCUT2D eigenvalue weighted by Crippen LogP contribution is 2.30. The van der Waals surface area contributed by atoms with E-state index in [4.69, 9.17) is 0 Å². The molecule has 0 radical (unpaired) electrons. The number of alkyl halides is 3. The first kappa shape index (κ1) is 24.8. The van der Waals surface area contributed by atoms with Crippen molar-refractivity contribution >= 4 is 17.5 Å². The summed E-state index contributed by atoms with van der Waals surface area (Å²) in [5, 5.41) is 13.6. The third-order valence-corrected chi connectivity index (χ3v) is 6.01. The first-order valence-corrected chi connectivity index (χ1v) is 10.9. The average Bonchev–Trinajstić information content (AvgIpc) is 2.73. The van der Waals surface area contributed by atoms with E-state index >= 15 is 0 Å². The topological polar surface area (TPSA) is 69.6 Å². The number of anilines is 1. The van der Waals surface area contributed by atoms with Crippen LogP contribution in [0.1, 0.15) is 50.3 Å². The molecule has 8 heteroatoms. The van der Waals surface area contributed by atoms with Gasteiger partial charge >= 0.3 is 6.18 Å². The Hall–Kier alpha value is -2.87. The van der Waals surface area contributed by atoms with Crippen LogP contribution < -0.4 is 5.32 Å². The van der Waals surface area contributed by atoms with E-state index in [1.165, 1.54) is 17.0 Å². The molecule has 2 aromatic carbocycles. The Morgan fingerprint density at radius 1 is 0.939 bits per heavy atom. The molecule has 1 heterocycles. The highest BCUT2D eigenvalue weighted by molar-refractivity contribution is 5.97. The van der Waals surface area contributed by atoms with E-state index in [2.05, 4.69) is 26.1 Å². The van der Waals surface area contributed by atoms with Crippen LogP contribution in [-0.2, 0) is 27.6 Å². The van der Waals surface area contributed by atoms with Gasteiger partial charge in [0.2, 0.25) is 5.91 Å². The molecule has 0 aliphatic carbocycles. The molecule has 5 nitrogen and oxygen atoms in total. The Labute approximate surface area is 191 Å². The maximum Gasteiger partial charge on any atom is 0.416 e. The third-order valence-electron chi connectivity index (χ3n) is 6.01. The van der Waals surface area contributed by atoms with Crippen LogP contribution in [-0.4, -0.2) is 40.5 Å². The van der Waals surface area contributed by atoms with E-state index < -0.39 is 23.2 Å². The molecule has 0 saturated carbocycles. The number of hydrogen-bond donors (Lipinski definition) is 2. The normalized spacial score (nSPS) is 16.4. The standard InChI is InChI=1S/C25H29F3N2O3/c1-23(2,3)18-8-10-20(11-9-18)29-22(32)24(33)12-14-30(15-13-24)21(31)16-17-4-6-19(7-5-17)25(26,27)28/h4-11,33H,12-16H2,1-3H3,(H,29,32). The Balaban J connectivity index is 1.54. The highest BCUT2D eigenvalue weighted by atomic mass is 19.4. The van der Waals surface area contributed by atoms with Crippen LogP contribution in [0.15, 0.2) is 48.5 Å². The molecule has 33 heavy (non-hydrogen) atoms. The van der Waals surface area contributed by atoms with Gasteiger partial charge in [0.25, 0.3) is 5.91 Å². The SMILES string of the molecule is CC(C)(C)c1ccc(NC(=O)C2(O)CCN(C(=O)Cc3ccc(C(F)(F)F)cc3)CC2)cc1. The van der Waals surface area contributed by atoms with Crippen LogP contribution in [0.3, 0.4) is 0 Å². The van der Waals surface area contributed by atoms with E-state index in [1.807, 2.05) is 12.1 Å². The Morgan fingerprint density at radius 2 is 1.45 bits per heavy atom. The number of benzene rings is 2. The third kappa shape index (κ3) is 6.13. The van der Waals surface area contributed by atoms with Gasteiger partial charge in [-0.2, -0.15) is 13.2 Å². The molecule has 2 N–H and O–H groups in total. The first-order valence-electron chi connectivity index (χ1n) is 10.9. The van der Waals surface area contributed by atoms with Gasteiger partial charge in [-0.1, -0.05) is 45.0 Å². The lowest BCUT2D eigenvalue weighted by Crippen LogP contribution is -2.53. The second-order valence-corrected chi connectivity index (χ2v) is 9.57. The molecule has 1 aliphatic rings. The minimum atomic E-state index is -4.42. The molecule has 3 rings (SSSR count).